The zero-order valence-electron chi connectivity index (χ0n) is 14.2. The van der Waals surface area contributed by atoms with E-state index in [9.17, 15) is 4.79 Å². The molecule has 0 saturated heterocycles. The van der Waals surface area contributed by atoms with Crippen LogP contribution in [0.2, 0.25) is 0 Å². The van der Waals surface area contributed by atoms with Gasteiger partial charge in [0, 0.05) is 19.0 Å². The first-order chi connectivity index (χ1) is 8.95. The first-order valence-corrected chi connectivity index (χ1v) is 8.24. The summed E-state index contributed by atoms with van der Waals surface area (Å²) in [5, 5.41) is 0. The van der Waals surface area contributed by atoms with Gasteiger partial charge in [-0.2, -0.15) is 0 Å². The molecule has 0 radical (unpaired) electrons. The SMILES string of the molecule is CC.CCN(CCC1CC(C(C)C)C1)C(=O)C(C)C. The Bertz CT molecular complexity index is 242. The second kappa shape index (κ2) is 9.39. The monoisotopic (exact) mass is 269 g/mol. The van der Waals surface area contributed by atoms with Gasteiger partial charge in [0.2, 0.25) is 5.91 Å². The zero-order valence-corrected chi connectivity index (χ0v) is 14.2. The van der Waals surface area contributed by atoms with Gasteiger partial charge in [-0.3, -0.25) is 4.79 Å². The van der Waals surface area contributed by atoms with Crippen LogP contribution in [0.3, 0.4) is 0 Å². The highest BCUT2D eigenvalue weighted by Gasteiger charge is 2.31. The van der Waals surface area contributed by atoms with E-state index in [0.717, 1.165) is 30.8 Å². The van der Waals surface area contributed by atoms with Crippen molar-refractivity contribution in [1.29, 1.82) is 0 Å². The molecule has 0 spiro atoms. The predicted octanol–water partition coefficient (Wildman–Crippen LogP) is 4.59. The summed E-state index contributed by atoms with van der Waals surface area (Å²) in [5.74, 6) is 3.10. The van der Waals surface area contributed by atoms with Crippen molar-refractivity contribution in [1.82, 2.24) is 4.90 Å². The van der Waals surface area contributed by atoms with Gasteiger partial charge in [-0.25, -0.2) is 0 Å². The van der Waals surface area contributed by atoms with Crippen LogP contribution >= 0.6 is 0 Å². The Morgan fingerprint density at radius 1 is 1.16 bits per heavy atom. The molecule has 2 heteroatoms. The quantitative estimate of drug-likeness (QED) is 0.690. The van der Waals surface area contributed by atoms with Gasteiger partial charge in [-0.1, -0.05) is 41.5 Å². The van der Waals surface area contributed by atoms with Crippen LogP contribution in [0.1, 0.15) is 67.7 Å². The van der Waals surface area contributed by atoms with Crippen molar-refractivity contribution in [3.05, 3.63) is 0 Å². The van der Waals surface area contributed by atoms with Crippen LogP contribution < -0.4 is 0 Å². The van der Waals surface area contributed by atoms with Gasteiger partial charge in [0.25, 0.3) is 0 Å². The van der Waals surface area contributed by atoms with E-state index in [4.69, 9.17) is 0 Å². The van der Waals surface area contributed by atoms with Crippen LogP contribution in [0, 0.1) is 23.7 Å². The van der Waals surface area contributed by atoms with Crippen molar-refractivity contribution in [3.8, 4) is 0 Å². The van der Waals surface area contributed by atoms with Crippen LogP contribution in [0.4, 0.5) is 0 Å². The van der Waals surface area contributed by atoms with E-state index < -0.39 is 0 Å². The average molecular weight is 269 g/mol. The highest BCUT2D eigenvalue weighted by Crippen LogP contribution is 2.40. The minimum Gasteiger partial charge on any atom is -0.343 e. The molecule has 1 fully saturated rings. The minimum atomic E-state index is 0.139. The van der Waals surface area contributed by atoms with E-state index in [1.165, 1.54) is 19.3 Å². The Balaban J connectivity index is 0.00000154. The van der Waals surface area contributed by atoms with Crippen LogP contribution in [-0.4, -0.2) is 23.9 Å². The molecule has 1 saturated carbocycles. The van der Waals surface area contributed by atoms with Gasteiger partial charge in [0.05, 0.1) is 0 Å². The lowest BCUT2D eigenvalue weighted by Gasteiger charge is -2.39. The van der Waals surface area contributed by atoms with Crippen molar-refractivity contribution in [3.63, 3.8) is 0 Å². The molecule has 0 heterocycles. The lowest BCUT2D eigenvalue weighted by Crippen LogP contribution is -2.37. The third-order valence-electron chi connectivity index (χ3n) is 4.21. The predicted molar refractivity (Wildman–Crippen MR) is 84.1 cm³/mol. The van der Waals surface area contributed by atoms with Crippen LogP contribution in [0.15, 0.2) is 0 Å². The molecule has 0 unspecified atom stereocenters. The fourth-order valence-electron chi connectivity index (χ4n) is 2.70. The fraction of sp³-hybridized carbons (Fsp3) is 0.941. The Hall–Kier alpha value is -0.530. The number of carbonyl (C=O) groups is 1. The van der Waals surface area contributed by atoms with Gasteiger partial charge >= 0.3 is 0 Å². The van der Waals surface area contributed by atoms with Crippen LogP contribution in [0.5, 0.6) is 0 Å². The van der Waals surface area contributed by atoms with Gasteiger partial charge < -0.3 is 4.90 Å². The molecule has 0 aromatic carbocycles. The number of amides is 1. The molecule has 0 bridgehead atoms. The highest BCUT2D eigenvalue weighted by atomic mass is 16.2. The van der Waals surface area contributed by atoms with E-state index in [0.29, 0.717) is 5.91 Å². The molecule has 0 aliphatic heterocycles. The largest absolute Gasteiger partial charge is 0.343 e. The smallest absolute Gasteiger partial charge is 0.225 e. The topological polar surface area (TPSA) is 20.3 Å². The van der Waals surface area contributed by atoms with E-state index in [-0.39, 0.29) is 5.92 Å². The summed E-state index contributed by atoms with van der Waals surface area (Å²) in [6.07, 6.45) is 3.96. The normalized spacial score (nSPS) is 21.7. The fourth-order valence-corrected chi connectivity index (χ4v) is 2.70. The molecule has 0 N–H and O–H groups in total. The van der Waals surface area contributed by atoms with E-state index in [1.807, 2.05) is 32.6 Å². The van der Waals surface area contributed by atoms with Gasteiger partial charge in [0.15, 0.2) is 0 Å². The lowest BCUT2D eigenvalue weighted by atomic mass is 9.68. The summed E-state index contributed by atoms with van der Waals surface area (Å²) < 4.78 is 0. The van der Waals surface area contributed by atoms with Gasteiger partial charge in [-0.15, -0.1) is 0 Å². The van der Waals surface area contributed by atoms with Gasteiger partial charge in [0.1, 0.15) is 0 Å². The molecule has 2 nitrogen and oxygen atoms in total. The van der Waals surface area contributed by atoms with E-state index in [2.05, 4.69) is 20.8 Å². The Labute approximate surface area is 120 Å². The van der Waals surface area contributed by atoms with Crippen molar-refractivity contribution >= 4 is 5.91 Å². The summed E-state index contributed by atoms with van der Waals surface area (Å²) in [6.45, 7) is 16.5. The Kier molecular flexibility index (Phi) is 9.12. The number of hydrogen-bond donors (Lipinski definition) is 0. The summed E-state index contributed by atoms with van der Waals surface area (Å²) in [4.78, 5) is 13.9. The minimum absolute atomic E-state index is 0.139. The van der Waals surface area contributed by atoms with E-state index in [1.54, 1.807) is 0 Å². The molecule has 1 rings (SSSR count). The summed E-state index contributed by atoms with van der Waals surface area (Å²) in [7, 11) is 0. The molecular formula is C17H35NO. The maximum atomic E-state index is 11.9. The van der Waals surface area contributed by atoms with Crippen LogP contribution in [-0.2, 0) is 4.79 Å². The highest BCUT2D eigenvalue weighted by molar-refractivity contribution is 5.78. The van der Waals surface area contributed by atoms with Crippen LogP contribution in [0.25, 0.3) is 0 Å². The van der Waals surface area contributed by atoms with E-state index >= 15 is 0 Å². The molecule has 1 amide bonds. The third-order valence-corrected chi connectivity index (χ3v) is 4.21. The standard InChI is InChI=1S/C15H29NO.C2H6/c1-6-16(15(17)12(4)5)8-7-13-9-14(10-13)11(2)3;1-2/h11-14H,6-10H2,1-5H3;1-2H3. The third kappa shape index (κ3) is 5.97. The molecular weight excluding hydrogens is 234 g/mol. The number of rotatable bonds is 6. The summed E-state index contributed by atoms with van der Waals surface area (Å²) in [5.41, 5.74) is 0. The number of hydrogen-bond acceptors (Lipinski definition) is 1. The maximum absolute atomic E-state index is 11.9. The second-order valence-corrected chi connectivity index (χ2v) is 6.20. The number of carbonyl (C=O) groups excluding carboxylic acids is 1. The van der Waals surface area contributed by atoms with Crippen molar-refractivity contribution < 1.29 is 4.79 Å². The van der Waals surface area contributed by atoms with Gasteiger partial charge in [-0.05, 0) is 43.9 Å². The van der Waals surface area contributed by atoms with Crippen molar-refractivity contribution in [2.75, 3.05) is 13.1 Å². The number of nitrogens with zero attached hydrogens (tertiary/aromatic N) is 1. The first kappa shape index (κ1) is 18.5. The molecule has 1 aliphatic carbocycles. The Morgan fingerprint density at radius 3 is 2.05 bits per heavy atom. The average Bonchev–Trinajstić information content (AvgIpc) is 2.33. The second-order valence-electron chi connectivity index (χ2n) is 6.20. The molecule has 0 atom stereocenters. The molecule has 1 aliphatic rings. The van der Waals surface area contributed by atoms with Crippen molar-refractivity contribution in [2.24, 2.45) is 23.7 Å². The first-order valence-electron chi connectivity index (χ1n) is 8.24. The molecule has 114 valence electrons. The molecule has 19 heavy (non-hydrogen) atoms. The molecule has 0 aromatic rings. The zero-order chi connectivity index (χ0) is 15.0. The Morgan fingerprint density at radius 2 is 1.68 bits per heavy atom. The molecule has 0 aromatic heterocycles. The lowest BCUT2D eigenvalue weighted by molar-refractivity contribution is -0.134. The maximum Gasteiger partial charge on any atom is 0.225 e. The summed E-state index contributed by atoms with van der Waals surface area (Å²) >= 11 is 0. The summed E-state index contributed by atoms with van der Waals surface area (Å²) in [6, 6.07) is 0. The van der Waals surface area contributed by atoms with Crippen molar-refractivity contribution in [2.45, 2.75) is 67.7 Å².